The van der Waals surface area contributed by atoms with Crippen LogP contribution >= 0.6 is 7.49 Å². The van der Waals surface area contributed by atoms with Gasteiger partial charge in [-0.25, -0.2) is 0 Å². The molecule has 3 N–H and O–H groups in total. The predicted octanol–water partition coefficient (Wildman–Crippen LogP) is 2.34. The standard InChI is InChI=1S/C18H24N2O2P/c1-22-18-13-16(7-8-17(18)19)23(21)11-9-20(10-12-23)14-15-5-3-2-4-6-15/h2-8,13,21H,9-12,14,19H2,1H3. The van der Waals surface area contributed by atoms with Crippen LogP contribution in [-0.2, 0) is 6.54 Å². The van der Waals surface area contributed by atoms with Crippen LogP contribution in [0.3, 0.4) is 0 Å². The molecular formula is C18H24N2O2P. The Morgan fingerprint density at radius 1 is 1.13 bits per heavy atom. The van der Waals surface area contributed by atoms with Gasteiger partial charge in [0.1, 0.15) is 5.75 Å². The number of ether oxygens (including phenoxy) is 1. The van der Waals surface area contributed by atoms with Crippen molar-refractivity contribution >= 4 is 18.5 Å². The van der Waals surface area contributed by atoms with E-state index in [4.69, 9.17) is 10.5 Å². The minimum Gasteiger partial charge on any atom is -0.495 e. The van der Waals surface area contributed by atoms with E-state index in [0.29, 0.717) is 11.4 Å². The zero-order valence-corrected chi connectivity index (χ0v) is 14.4. The van der Waals surface area contributed by atoms with Gasteiger partial charge in [0.05, 0.1) is 12.8 Å². The highest BCUT2D eigenvalue weighted by molar-refractivity contribution is 7.77. The molecule has 2 aromatic carbocycles. The molecule has 0 amide bonds. The molecule has 0 unspecified atom stereocenters. The lowest BCUT2D eigenvalue weighted by atomic mass is 10.2. The summed E-state index contributed by atoms with van der Waals surface area (Å²) in [6, 6.07) is 16.2. The van der Waals surface area contributed by atoms with Gasteiger partial charge in [-0.15, -0.1) is 0 Å². The molecule has 5 heteroatoms. The fraction of sp³-hybridized carbons (Fsp3) is 0.333. The maximum absolute atomic E-state index is 11.1. The van der Waals surface area contributed by atoms with E-state index in [9.17, 15) is 4.89 Å². The van der Waals surface area contributed by atoms with Crippen LogP contribution in [0.25, 0.3) is 0 Å². The van der Waals surface area contributed by atoms with Gasteiger partial charge in [-0.1, -0.05) is 36.4 Å². The highest BCUT2D eigenvalue weighted by Gasteiger charge is 2.32. The van der Waals surface area contributed by atoms with Crippen LogP contribution in [-0.4, -0.2) is 42.3 Å². The van der Waals surface area contributed by atoms with E-state index in [1.807, 2.05) is 24.3 Å². The van der Waals surface area contributed by atoms with Crippen LogP contribution in [0, 0.1) is 0 Å². The second-order valence-corrected chi connectivity index (χ2v) is 9.31. The number of methoxy groups -OCH3 is 1. The van der Waals surface area contributed by atoms with Crippen molar-refractivity contribution in [2.45, 2.75) is 6.54 Å². The first-order valence-corrected chi connectivity index (χ1v) is 10.0. The molecule has 1 aliphatic rings. The van der Waals surface area contributed by atoms with Gasteiger partial charge in [-0.2, -0.15) is 0 Å². The molecule has 0 atom stereocenters. The van der Waals surface area contributed by atoms with E-state index in [1.165, 1.54) is 5.56 Å². The van der Waals surface area contributed by atoms with Gasteiger partial charge in [-0.3, -0.25) is 4.90 Å². The summed E-state index contributed by atoms with van der Waals surface area (Å²) in [4.78, 5) is 13.5. The van der Waals surface area contributed by atoms with E-state index < -0.39 is 7.49 Å². The molecule has 0 saturated carbocycles. The fourth-order valence-electron chi connectivity index (χ4n) is 3.05. The highest BCUT2D eigenvalue weighted by Crippen LogP contribution is 2.55. The highest BCUT2D eigenvalue weighted by atomic mass is 31.2. The molecule has 0 aromatic heterocycles. The summed E-state index contributed by atoms with van der Waals surface area (Å²) >= 11 is 0. The Balaban J connectivity index is 1.67. The fourth-order valence-corrected chi connectivity index (χ4v) is 5.73. The summed E-state index contributed by atoms with van der Waals surface area (Å²) in [5, 5.41) is 1.00. The average Bonchev–Trinajstić information content (AvgIpc) is 2.58. The lowest BCUT2D eigenvalue weighted by Crippen LogP contribution is -2.38. The number of hydrogen-bond donors (Lipinski definition) is 2. The van der Waals surface area contributed by atoms with Crippen molar-refractivity contribution in [2.24, 2.45) is 0 Å². The molecule has 1 fully saturated rings. The maximum Gasteiger partial charge on any atom is 0.142 e. The van der Waals surface area contributed by atoms with Crippen molar-refractivity contribution in [1.82, 2.24) is 4.90 Å². The van der Waals surface area contributed by atoms with Crippen LogP contribution in [0.15, 0.2) is 48.5 Å². The van der Waals surface area contributed by atoms with Crippen LogP contribution in [0.2, 0.25) is 0 Å². The summed E-state index contributed by atoms with van der Waals surface area (Å²) < 4.78 is 5.29. The number of rotatable bonds is 4. The molecule has 1 aliphatic heterocycles. The normalized spacial score (nSPS) is 17.8. The van der Waals surface area contributed by atoms with Crippen molar-refractivity contribution in [1.29, 1.82) is 0 Å². The van der Waals surface area contributed by atoms with Crippen molar-refractivity contribution in [3.05, 3.63) is 54.1 Å². The first-order valence-electron chi connectivity index (χ1n) is 7.91. The number of nitrogen functional groups attached to an aromatic ring is 1. The van der Waals surface area contributed by atoms with Crippen LogP contribution < -0.4 is 15.8 Å². The molecule has 0 aliphatic carbocycles. The van der Waals surface area contributed by atoms with E-state index in [0.717, 1.165) is 37.3 Å². The first-order chi connectivity index (χ1) is 11.1. The number of nitrogens with zero attached hydrogens (tertiary/aromatic N) is 1. The van der Waals surface area contributed by atoms with Crippen molar-refractivity contribution in [2.75, 3.05) is 38.3 Å². The summed E-state index contributed by atoms with van der Waals surface area (Å²) in [6.07, 6.45) is 1.65. The average molecular weight is 331 g/mol. The first kappa shape index (κ1) is 16.3. The van der Waals surface area contributed by atoms with Crippen LogP contribution in [0.1, 0.15) is 5.56 Å². The Morgan fingerprint density at radius 2 is 1.83 bits per heavy atom. The largest absolute Gasteiger partial charge is 0.495 e. The number of nitrogens with two attached hydrogens (primary N) is 1. The molecule has 0 spiro atoms. The third kappa shape index (κ3) is 3.66. The van der Waals surface area contributed by atoms with Gasteiger partial charge in [-0.05, 0) is 17.7 Å². The van der Waals surface area contributed by atoms with Crippen LogP contribution in [0.5, 0.6) is 5.75 Å². The van der Waals surface area contributed by atoms with Gasteiger partial charge >= 0.3 is 0 Å². The monoisotopic (exact) mass is 331 g/mol. The quantitative estimate of drug-likeness (QED) is 0.667. The zero-order valence-electron chi connectivity index (χ0n) is 13.5. The smallest absolute Gasteiger partial charge is 0.142 e. The number of benzene rings is 2. The Hall–Kier alpha value is -1.61. The summed E-state index contributed by atoms with van der Waals surface area (Å²) in [5.41, 5.74) is 7.82. The molecule has 0 bridgehead atoms. The second kappa shape index (κ2) is 6.88. The Bertz CT molecular complexity index is 655. The zero-order chi connectivity index (χ0) is 16.3. The molecular weight excluding hydrogens is 307 g/mol. The summed E-state index contributed by atoms with van der Waals surface area (Å²) in [5.74, 6) is 0.655. The maximum atomic E-state index is 11.1. The molecule has 23 heavy (non-hydrogen) atoms. The summed E-state index contributed by atoms with van der Waals surface area (Å²) in [7, 11) is -0.484. The lowest BCUT2D eigenvalue weighted by molar-refractivity contribution is 0.284. The van der Waals surface area contributed by atoms with Gasteiger partial charge in [0.15, 0.2) is 0 Å². The summed E-state index contributed by atoms with van der Waals surface area (Å²) in [6.45, 7) is 2.80. The second-order valence-electron chi connectivity index (χ2n) is 6.06. The molecule has 1 radical (unpaired) electrons. The Labute approximate surface area is 138 Å². The predicted molar refractivity (Wildman–Crippen MR) is 97.6 cm³/mol. The van der Waals surface area contributed by atoms with Gasteiger partial charge in [0.2, 0.25) is 0 Å². The molecule has 1 saturated heterocycles. The third-order valence-electron chi connectivity index (χ3n) is 4.52. The number of anilines is 1. The van der Waals surface area contributed by atoms with Gasteiger partial charge in [0, 0.05) is 44.8 Å². The van der Waals surface area contributed by atoms with Crippen molar-refractivity contribution in [3.8, 4) is 5.75 Å². The van der Waals surface area contributed by atoms with E-state index in [-0.39, 0.29) is 0 Å². The van der Waals surface area contributed by atoms with E-state index in [2.05, 4.69) is 29.2 Å². The Kier molecular flexibility index (Phi) is 4.86. The minimum atomic E-state index is -2.10. The lowest BCUT2D eigenvalue weighted by Gasteiger charge is -2.40. The van der Waals surface area contributed by atoms with Crippen molar-refractivity contribution < 1.29 is 9.63 Å². The van der Waals surface area contributed by atoms with Crippen molar-refractivity contribution in [3.63, 3.8) is 0 Å². The molecule has 4 nitrogen and oxygen atoms in total. The molecule has 2 aromatic rings. The number of hydrogen-bond acceptors (Lipinski definition) is 4. The topological polar surface area (TPSA) is 58.7 Å². The van der Waals surface area contributed by atoms with E-state index in [1.54, 1.807) is 7.11 Å². The van der Waals surface area contributed by atoms with Crippen LogP contribution in [0.4, 0.5) is 5.69 Å². The molecule has 123 valence electrons. The SMILES string of the molecule is COc1cc([P]2(O)CCN(Cc3ccccc3)CC2)ccc1N. The third-order valence-corrected chi connectivity index (χ3v) is 7.64. The van der Waals surface area contributed by atoms with Gasteiger partial charge < -0.3 is 15.4 Å². The molecule has 1 heterocycles. The minimum absolute atomic E-state index is 0.616. The Morgan fingerprint density at radius 3 is 2.48 bits per heavy atom. The van der Waals surface area contributed by atoms with Gasteiger partial charge in [0.25, 0.3) is 0 Å². The van der Waals surface area contributed by atoms with E-state index >= 15 is 0 Å². The molecule has 3 rings (SSSR count).